The molecule has 430 valence electrons. The second kappa shape index (κ2) is 19.2. The average molecular weight is 1160 g/mol. The van der Waals surface area contributed by atoms with Crippen molar-refractivity contribution < 1.29 is 0 Å². The highest BCUT2D eigenvalue weighted by Gasteiger charge is 2.50. The Bertz CT molecular complexity index is 4280. The molecule has 10 aromatic rings. The maximum absolute atomic E-state index is 2.95. The van der Waals surface area contributed by atoms with Gasteiger partial charge in [-0.2, -0.15) is 0 Å². The largest absolute Gasteiger partial charge is 0.311 e. The lowest BCUT2D eigenvalue weighted by Crippen LogP contribution is -2.74. The van der Waals surface area contributed by atoms with E-state index in [0.29, 0.717) is 0 Å². The molecule has 1 aromatic heterocycles. The van der Waals surface area contributed by atoms with E-state index in [4.69, 9.17) is 0 Å². The molecular weight excluding hydrogens is 1070 g/mol. The van der Waals surface area contributed by atoms with Crippen molar-refractivity contribution in [2.24, 2.45) is 0 Å². The summed E-state index contributed by atoms with van der Waals surface area (Å²) in [5, 5.41) is 6.89. The molecule has 2 nitrogen and oxygen atoms in total. The molecule has 86 heavy (non-hydrogen) atoms. The Hall–Kier alpha value is -7.18. The van der Waals surface area contributed by atoms with Crippen LogP contribution in [0.2, 0.25) is 0 Å². The molecular formula is C81H83BN2SSi. The van der Waals surface area contributed by atoms with E-state index in [1.807, 2.05) is 0 Å². The van der Waals surface area contributed by atoms with Crippen molar-refractivity contribution in [3.05, 3.63) is 233 Å². The summed E-state index contributed by atoms with van der Waals surface area (Å²) in [6.07, 6.45) is 7.02. The summed E-state index contributed by atoms with van der Waals surface area (Å²) in [7, 11) is -2.95. The highest BCUT2D eigenvalue weighted by Crippen LogP contribution is 2.56. The third-order valence-corrected chi connectivity index (χ3v) is 28.2. The Morgan fingerprint density at radius 3 is 1.37 bits per heavy atom. The quantitative estimate of drug-likeness (QED) is 0.116. The van der Waals surface area contributed by atoms with Crippen molar-refractivity contribution in [3.8, 4) is 11.1 Å². The minimum absolute atomic E-state index is 0.00133. The first kappa shape index (κ1) is 55.4. The van der Waals surface area contributed by atoms with Gasteiger partial charge < -0.3 is 9.80 Å². The van der Waals surface area contributed by atoms with Crippen LogP contribution in [0, 0.1) is 6.92 Å². The van der Waals surface area contributed by atoms with Crippen LogP contribution >= 0.6 is 11.3 Å². The van der Waals surface area contributed by atoms with Crippen molar-refractivity contribution in [3.63, 3.8) is 0 Å². The van der Waals surface area contributed by atoms with Crippen molar-refractivity contribution in [1.82, 2.24) is 0 Å². The Labute approximate surface area is 518 Å². The molecule has 2 aliphatic heterocycles. The second-order valence-electron chi connectivity index (χ2n) is 30.5. The van der Waals surface area contributed by atoms with E-state index >= 15 is 0 Å². The van der Waals surface area contributed by atoms with E-state index in [9.17, 15) is 0 Å². The van der Waals surface area contributed by atoms with Crippen molar-refractivity contribution in [2.45, 2.75) is 161 Å². The summed E-state index contributed by atoms with van der Waals surface area (Å²) in [6.45, 7) is 32.3. The van der Waals surface area contributed by atoms with Gasteiger partial charge in [0.25, 0.3) is 6.71 Å². The minimum Gasteiger partial charge on any atom is -0.311 e. The third-order valence-electron chi connectivity index (χ3n) is 22.2. The predicted octanol–water partition coefficient (Wildman–Crippen LogP) is 17.4. The predicted molar refractivity (Wildman–Crippen MR) is 375 cm³/mol. The molecule has 0 N–H and O–H groups in total. The zero-order valence-corrected chi connectivity index (χ0v) is 54.9. The topological polar surface area (TPSA) is 6.48 Å². The van der Waals surface area contributed by atoms with Crippen LogP contribution in [0.25, 0.3) is 21.2 Å². The van der Waals surface area contributed by atoms with Gasteiger partial charge in [0.2, 0.25) is 0 Å². The van der Waals surface area contributed by atoms with Crippen molar-refractivity contribution in [1.29, 1.82) is 0 Å². The third kappa shape index (κ3) is 8.22. The van der Waals surface area contributed by atoms with E-state index in [2.05, 4.69) is 305 Å². The fourth-order valence-electron chi connectivity index (χ4n) is 16.9. The number of nitrogens with zero attached hydrogens (tertiary/aromatic N) is 2. The first-order chi connectivity index (χ1) is 41.0. The van der Waals surface area contributed by atoms with Gasteiger partial charge in [0.05, 0.1) is 11.4 Å². The molecule has 0 amide bonds. The lowest BCUT2D eigenvalue weighted by Gasteiger charge is -2.47. The summed E-state index contributed by atoms with van der Waals surface area (Å²) in [5.74, 6) is 0. The molecule has 0 bridgehead atoms. The molecule has 15 rings (SSSR count). The highest BCUT2D eigenvalue weighted by molar-refractivity contribution is 7.33. The fourth-order valence-corrected chi connectivity index (χ4v) is 23.0. The van der Waals surface area contributed by atoms with Crippen molar-refractivity contribution in [2.75, 3.05) is 9.80 Å². The number of aryl methyl sites for hydroxylation is 1. The summed E-state index contributed by atoms with van der Waals surface area (Å²) in [5.41, 5.74) is 23.6. The van der Waals surface area contributed by atoms with Crippen LogP contribution in [0.5, 0.6) is 0 Å². The van der Waals surface area contributed by atoms with E-state index in [1.165, 1.54) is 156 Å². The number of thiophene rings is 1. The van der Waals surface area contributed by atoms with Crippen LogP contribution in [0.3, 0.4) is 0 Å². The molecule has 9 aromatic carbocycles. The minimum atomic E-state index is -2.95. The second-order valence-corrected chi connectivity index (χ2v) is 35.4. The van der Waals surface area contributed by atoms with Gasteiger partial charge >= 0.3 is 0 Å². The van der Waals surface area contributed by atoms with Crippen LogP contribution in [0.15, 0.2) is 194 Å². The fraction of sp³-hybridized carbons (Fsp3) is 0.309. The van der Waals surface area contributed by atoms with Gasteiger partial charge in [-0.25, -0.2) is 0 Å². The summed E-state index contributed by atoms with van der Waals surface area (Å²) in [6, 6.07) is 77.0. The van der Waals surface area contributed by atoms with Crippen molar-refractivity contribution >= 4 is 107 Å². The first-order valence-electron chi connectivity index (χ1n) is 32.1. The van der Waals surface area contributed by atoms with E-state index in [1.54, 1.807) is 0 Å². The zero-order valence-electron chi connectivity index (χ0n) is 53.1. The molecule has 3 aliphatic carbocycles. The number of hydrogen-bond acceptors (Lipinski definition) is 3. The number of benzene rings is 9. The maximum Gasteiger partial charge on any atom is 0.264 e. The lowest BCUT2D eigenvalue weighted by molar-refractivity contribution is 0.332. The standard InChI is InChI=1S/C81H83BN2SSi/c1-52-44-70-73-71(45-52)84(68-37-35-58(47-59(68)53-26-18-14-19-27-53)86(55-28-20-15-21-29-55,56-30-22-16-23-31-56)57-32-24-17-25-33-57)69-50-65-64(79(8,9)41-42-80(65,10)11)49-67(69)82(73)75-74(60-48-63-66(51-72(60)85-75)81(12,13)43-40-78(63,6)7)83(70)54-34-36-61-62(46-54)77(4,5)39-38-76(61,2)3/h14-37,44-51H,38-43H2,1-13H3. The Kier molecular flexibility index (Phi) is 12.3. The Morgan fingerprint density at radius 2 is 0.837 bits per heavy atom. The normalized spacial score (nSPS) is 18.7. The molecule has 0 unspecified atom stereocenters. The lowest BCUT2D eigenvalue weighted by atomic mass is 9.35. The van der Waals surface area contributed by atoms with Crippen LogP contribution in [0.4, 0.5) is 34.1 Å². The number of anilines is 6. The summed E-state index contributed by atoms with van der Waals surface area (Å²) in [4.78, 5) is 5.54. The molecule has 0 fully saturated rings. The van der Waals surface area contributed by atoms with Crippen LogP contribution in [-0.2, 0) is 32.5 Å². The van der Waals surface area contributed by atoms with Gasteiger partial charge in [-0.1, -0.05) is 229 Å². The van der Waals surface area contributed by atoms with Gasteiger partial charge in [0, 0.05) is 43.2 Å². The zero-order chi connectivity index (χ0) is 59.7. The SMILES string of the molecule is Cc1cc2c3c(c1)N(c1ccc4c(c1)C(C)(C)CCC4(C)C)c1c(sc4cc5c(cc14)C(C)(C)CCC5(C)C)B3c1cc3c(cc1N2c1ccc([Si](c2ccccc2)(c2ccccc2)c2ccccc2)cc1-c1ccccc1)C(C)(C)CCC3(C)C. The molecule has 0 saturated heterocycles. The van der Waals surface area contributed by atoms with Gasteiger partial charge in [-0.05, 0) is 203 Å². The molecule has 5 heteroatoms. The van der Waals surface area contributed by atoms with Crippen LogP contribution in [0.1, 0.15) is 161 Å². The molecule has 0 radical (unpaired) electrons. The summed E-state index contributed by atoms with van der Waals surface area (Å²) < 4.78 is 2.87. The maximum atomic E-state index is 2.77. The molecule has 5 aliphatic rings. The number of fused-ring (bicyclic) bond motifs is 9. The summed E-state index contributed by atoms with van der Waals surface area (Å²) >= 11 is 2.08. The van der Waals surface area contributed by atoms with E-state index in [-0.39, 0.29) is 39.2 Å². The smallest absolute Gasteiger partial charge is 0.264 e. The van der Waals surface area contributed by atoms with Crippen LogP contribution in [-0.4, -0.2) is 14.8 Å². The average Bonchev–Trinajstić information content (AvgIpc) is 1.24. The molecule has 0 spiro atoms. The Morgan fingerprint density at radius 1 is 0.384 bits per heavy atom. The van der Waals surface area contributed by atoms with Gasteiger partial charge in [0.1, 0.15) is 0 Å². The van der Waals surface area contributed by atoms with Gasteiger partial charge in [-0.15, -0.1) is 11.3 Å². The molecule has 0 saturated carbocycles. The van der Waals surface area contributed by atoms with E-state index < -0.39 is 8.07 Å². The van der Waals surface area contributed by atoms with Crippen LogP contribution < -0.4 is 46.2 Å². The highest BCUT2D eigenvalue weighted by atomic mass is 32.1. The van der Waals surface area contributed by atoms with E-state index in [0.717, 1.165) is 12.8 Å². The van der Waals surface area contributed by atoms with Gasteiger partial charge in [0.15, 0.2) is 8.07 Å². The first-order valence-corrected chi connectivity index (χ1v) is 34.9. The van der Waals surface area contributed by atoms with Gasteiger partial charge in [-0.3, -0.25) is 0 Å². The number of hydrogen-bond donors (Lipinski definition) is 0. The molecule has 3 heterocycles. The monoisotopic (exact) mass is 1150 g/mol. The number of rotatable bonds is 7. The Balaban J connectivity index is 1.07. The molecule has 0 atom stereocenters.